The van der Waals surface area contributed by atoms with Gasteiger partial charge < -0.3 is 4.74 Å². The van der Waals surface area contributed by atoms with Crippen LogP contribution in [-0.4, -0.2) is 7.11 Å². The first kappa shape index (κ1) is 9.78. The summed E-state index contributed by atoms with van der Waals surface area (Å²) in [6.45, 7) is 2.05. The molecule has 2 rings (SSSR count). The number of aryl methyl sites for hydroxylation is 1. The zero-order chi connectivity index (χ0) is 10.7. The Morgan fingerprint density at radius 3 is 2.60 bits per heavy atom. The van der Waals surface area contributed by atoms with Gasteiger partial charge in [-0.3, -0.25) is 0 Å². The first-order valence-corrected chi connectivity index (χ1v) is 4.92. The van der Waals surface area contributed by atoms with Gasteiger partial charge in [-0.1, -0.05) is 30.3 Å². The molecule has 0 atom stereocenters. The summed E-state index contributed by atoms with van der Waals surface area (Å²) in [6, 6.07) is 17.3. The van der Waals surface area contributed by atoms with E-state index in [1.165, 1.54) is 11.1 Å². The Balaban J connectivity index is 2.44. The molecule has 0 saturated carbocycles. The van der Waals surface area contributed by atoms with Gasteiger partial charge in [0.2, 0.25) is 0 Å². The summed E-state index contributed by atoms with van der Waals surface area (Å²) in [5.41, 5.74) is 3.52. The van der Waals surface area contributed by atoms with E-state index in [4.69, 9.17) is 4.74 Å². The number of rotatable bonds is 2. The lowest BCUT2D eigenvalue weighted by atomic mass is 10.0. The second kappa shape index (κ2) is 4.18. The van der Waals surface area contributed by atoms with Gasteiger partial charge in [0.15, 0.2) is 0 Å². The quantitative estimate of drug-likeness (QED) is 0.716. The molecule has 0 aliphatic carbocycles. The van der Waals surface area contributed by atoms with Crippen molar-refractivity contribution in [2.75, 3.05) is 7.11 Å². The monoisotopic (exact) mass is 197 g/mol. The predicted octanol–water partition coefficient (Wildman–Crippen LogP) is 3.47. The van der Waals surface area contributed by atoms with Crippen LogP contribution in [0, 0.1) is 13.0 Å². The maximum absolute atomic E-state index is 5.20. The lowest BCUT2D eigenvalue weighted by Crippen LogP contribution is -1.84. The van der Waals surface area contributed by atoms with Gasteiger partial charge in [-0.25, -0.2) is 0 Å². The highest BCUT2D eigenvalue weighted by Gasteiger charge is 1.99. The van der Waals surface area contributed by atoms with Gasteiger partial charge in [-0.15, -0.1) is 0 Å². The molecule has 1 heteroatoms. The predicted molar refractivity (Wildman–Crippen MR) is 62.0 cm³/mol. The van der Waals surface area contributed by atoms with E-state index in [0.29, 0.717) is 0 Å². The smallest absolute Gasteiger partial charge is 0.119 e. The summed E-state index contributed by atoms with van der Waals surface area (Å²) in [5.74, 6) is 0.887. The van der Waals surface area contributed by atoms with Gasteiger partial charge in [0.05, 0.1) is 7.11 Å². The largest absolute Gasteiger partial charge is 0.497 e. The van der Waals surface area contributed by atoms with E-state index >= 15 is 0 Å². The normalized spacial score (nSPS) is 10.0. The second-order valence-corrected chi connectivity index (χ2v) is 3.49. The van der Waals surface area contributed by atoms with E-state index in [9.17, 15) is 0 Å². The topological polar surface area (TPSA) is 9.23 Å². The number of benzene rings is 2. The minimum absolute atomic E-state index is 0.887. The molecular formula is C14H13O. The van der Waals surface area contributed by atoms with E-state index in [-0.39, 0.29) is 0 Å². The zero-order valence-electron chi connectivity index (χ0n) is 8.95. The van der Waals surface area contributed by atoms with E-state index in [2.05, 4.69) is 24.3 Å². The maximum Gasteiger partial charge on any atom is 0.119 e. The molecule has 2 aromatic carbocycles. The van der Waals surface area contributed by atoms with Crippen LogP contribution in [0.2, 0.25) is 0 Å². The van der Waals surface area contributed by atoms with Crippen molar-refractivity contribution in [1.29, 1.82) is 0 Å². The van der Waals surface area contributed by atoms with E-state index in [1.807, 2.05) is 31.2 Å². The summed E-state index contributed by atoms with van der Waals surface area (Å²) >= 11 is 0. The summed E-state index contributed by atoms with van der Waals surface area (Å²) in [6.07, 6.45) is 0. The summed E-state index contributed by atoms with van der Waals surface area (Å²) in [7, 11) is 1.68. The van der Waals surface area contributed by atoms with Crippen LogP contribution >= 0.6 is 0 Å². The lowest BCUT2D eigenvalue weighted by molar-refractivity contribution is 0.415. The van der Waals surface area contributed by atoms with Crippen molar-refractivity contribution in [1.82, 2.24) is 0 Å². The second-order valence-electron chi connectivity index (χ2n) is 3.49. The molecule has 0 heterocycles. The molecule has 0 saturated heterocycles. The van der Waals surface area contributed by atoms with Crippen LogP contribution in [0.25, 0.3) is 11.1 Å². The van der Waals surface area contributed by atoms with Crippen LogP contribution in [0.5, 0.6) is 5.75 Å². The van der Waals surface area contributed by atoms with Gasteiger partial charge >= 0.3 is 0 Å². The van der Waals surface area contributed by atoms with Crippen molar-refractivity contribution in [3.8, 4) is 16.9 Å². The fourth-order valence-corrected chi connectivity index (χ4v) is 1.57. The molecule has 0 spiro atoms. The van der Waals surface area contributed by atoms with Crippen molar-refractivity contribution < 1.29 is 4.74 Å². The molecule has 0 aromatic heterocycles. The maximum atomic E-state index is 5.20. The molecule has 0 N–H and O–H groups in total. The SMILES string of the molecule is COc1cccc(-c2cc[c]c(C)c2)c1. The number of hydrogen-bond acceptors (Lipinski definition) is 1. The summed E-state index contributed by atoms with van der Waals surface area (Å²) in [5, 5.41) is 0. The van der Waals surface area contributed by atoms with Gasteiger partial charge in [0.1, 0.15) is 5.75 Å². The third-order valence-corrected chi connectivity index (χ3v) is 2.35. The van der Waals surface area contributed by atoms with Crippen LogP contribution < -0.4 is 4.74 Å². The molecule has 1 nitrogen and oxygen atoms in total. The first-order valence-electron chi connectivity index (χ1n) is 4.92. The molecule has 0 fully saturated rings. The average Bonchev–Trinajstić information content (AvgIpc) is 2.29. The summed E-state index contributed by atoms with van der Waals surface area (Å²) < 4.78 is 5.20. The van der Waals surface area contributed by atoms with Crippen molar-refractivity contribution in [3.05, 3.63) is 54.1 Å². The molecule has 75 valence electrons. The highest BCUT2D eigenvalue weighted by atomic mass is 16.5. The third kappa shape index (κ3) is 2.18. The Hall–Kier alpha value is -1.76. The Kier molecular flexibility index (Phi) is 2.72. The molecule has 0 aliphatic rings. The van der Waals surface area contributed by atoms with Crippen molar-refractivity contribution in [3.63, 3.8) is 0 Å². The molecule has 0 bridgehead atoms. The highest BCUT2D eigenvalue weighted by Crippen LogP contribution is 2.23. The van der Waals surface area contributed by atoms with Crippen molar-refractivity contribution in [2.45, 2.75) is 6.92 Å². The molecule has 15 heavy (non-hydrogen) atoms. The van der Waals surface area contributed by atoms with Crippen LogP contribution in [-0.2, 0) is 0 Å². The van der Waals surface area contributed by atoms with Crippen molar-refractivity contribution in [2.24, 2.45) is 0 Å². The number of methoxy groups -OCH3 is 1. The van der Waals surface area contributed by atoms with Crippen LogP contribution in [0.1, 0.15) is 5.56 Å². The van der Waals surface area contributed by atoms with Crippen molar-refractivity contribution >= 4 is 0 Å². The summed E-state index contributed by atoms with van der Waals surface area (Å²) in [4.78, 5) is 0. The van der Waals surface area contributed by atoms with Gasteiger partial charge in [0.25, 0.3) is 0 Å². The molecule has 0 aliphatic heterocycles. The van der Waals surface area contributed by atoms with E-state index in [1.54, 1.807) is 7.11 Å². The molecule has 0 amide bonds. The Morgan fingerprint density at radius 1 is 1.07 bits per heavy atom. The van der Waals surface area contributed by atoms with Gasteiger partial charge in [-0.05, 0) is 41.8 Å². The molecular weight excluding hydrogens is 184 g/mol. The fraction of sp³-hybridized carbons (Fsp3) is 0.143. The highest BCUT2D eigenvalue weighted by molar-refractivity contribution is 5.65. The van der Waals surface area contributed by atoms with Gasteiger partial charge in [-0.2, -0.15) is 0 Å². The minimum Gasteiger partial charge on any atom is -0.497 e. The van der Waals surface area contributed by atoms with Crippen LogP contribution in [0.4, 0.5) is 0 Å². The Morgan fingerprint density at radius 2 is 1.87 bits per heavy atom. The Labute approximate surface area is 90.3 Å². The zero-order valence-corrected chi connectivity index (χ0v) is 8.95. The minimum atomic E-state index is 0.887. The van der Waals surface area contributed by atoms with Gasteiger partial charge in [0, 0.05) is 0 Å². The molecule has 1 radical (unpaired) electrons. The van der Waals surface area contributed by atoms with E-state index < -0.39 is 0 Å². The lowest BCUT2D eigenvalue weighted by Gasteiger charge is -2.05. The van der Waals surface area contributed by atoms with E-state index in [0.717, 1.165) is 11.3 Å². The number of hydrogen-bond donors (Lipinski definition) is 0. The first-order chi connectivity index (χ1) is 7.29. The fourth-order valence-electron chi connectivity index (χ4n) is 1.57. The molecule has 2 aromatic rings. The molecule has 0 unspecified atom stereocenters. The average molecular weight is 197 g/mol. The third-order valence-electron chi connectivity index (χ3n) is 2.35. The van der Waals surface area contributed by atoms with Crippen LogP contribution in [0.3, 0.4) is 0 Å². The van der Waals surface area contributed by atoms with Crippen LogP contribution in [0.15, 0.2) is 42.5 Å². The number of ether oxygens (including phenoxy) is 1. The Bertz CT molecular complexity index is 460. The standard InChI is InChI=1S/C14H13O/c1-11-5-3-6-12(9-11)13-7-4-8-14(10-13)15-2/h3-4,6-10H,1-2H3.